The number of rotatable bonds is 17. The summed E-state index contributed by atoms with van der Waals surface area (Å²) in [6, 6.07) is 5.09. The number of aliphatic carboxylic acids is 1. The Bertz CT molecular complexity index is 1050. The number of H-pyrrole nitrogens is 1. The predicted octanol–water partition coefficient (Wildman–Crippen LogP) is 0.236. The maximum absolute atomic E-state index is 13.5. The van der Waals surface area contributed by atoms with Crippen LogP contribution in [0.15, 0.2) is 42.9 Å². The Morgan fingerprint density at radius 2 is 1.67 bits per heavy atom. The van der Waals surface area contributed by atoms with Gasteiger partial charge in [0.25, 0.3) is 0 Å². The number of hydrogen-bond donors (Lipinski definition) is 7. The molecule has 0 fully saturated rings. The van der Waals surface area contributed by atoms with Crippen LogP contribution in [0, 0.1) is 5.92 Å². The van der Waals surface area contributed by atoms with Crippen LogP contribution in [-0.2, 0) is 32.0 Å². The van der Waals surface area contributed by atoms with Crippen LogP contribution in [0.1, 0.15) is 50.8 Å². The summed E-state index contributed by atoms with van der Waals surface area (Å²) < 4.78 is 0. The van der Waals surface area contributed by atoms with Gasteiger partial charge in [0.2, 0.25) is 17.7 Å². The third kappa shape index (κ3) is 10.5. The molecule has 12 heteroatoms. The lowest BCUT2D eigenvalue weighted by molar-refractivity contribution is -0.142. The van der Waals surface area contributed by atoms with Gasteiger partial charge in [0.15, 0.2) is 0 Å². The first-order chi connectivity index (χ1) is 18.7. The summed E-state index contributed by atoms with van der Waals surface area (Å²) in [5, 5.41) is 17.7. The number of nitrogens with zero attached hydrogens (tertiary/aromatic N) is 1. The van der Waals surface area contributed by atoms with Crippen LogP contribution in [0.3, 0.4) is 0 Å². The SMILES string of the molecule is CCC(C)C(NC(=O)C(Cc1ccccc1)NC(=O)C(N)CCCCN)C(=O)NC(Cc1cnc[nH]1)C(=O)O. The van der Waals surface area contributed by atoms with Gasteiger partial charge in [-0.15, -0.1) is 0 Å². The summed E-state index contributed by atoms with van der Waals surface area (Å²) in [5.41, 5.74) is 12.9. The van der Waals surface area contributed by atoms with E-state index >= 15 is 0 Å². The molecule has 12 nitrogen and oxygen atoms in total. The normalized spacial score (nSPS) is 14.9. The van der Waals surface area contributed by atoms with Gasteiger partial charge in [-0.2, -0.15) is 0 Å². The van der Waals surface area contributed by atoms with Crippen molar-refractivity contribution in [2.24, 2.45) is 17.4 Å². The van der Waals surface area contributed by atoms with Gasteiger partial charge in [-0.1, -0.05) is 57.0 Å². The Morgan fingerprint density at radius 3 is 2.26 bits per heavy atom. The molecule has 0 saturated heterocycles. The van der Waals surface area contributed by atoms with Crippen molar-refractivity contribution in [2.45, 2.75) is 76.5 Å². The molecule has 0 aliphatic heterocycles. The average molecular weight is 544 g/mol. The molecular weight excluding hydrogens is 502 g/mol. The number of amides is 3. The number of carbonyl (C=O) groups is 4. The van der Waals surface area contributed by atoms with Gasteiger partial charge in [-0.05, 0) is 30.9 Å². The molecule has 0 bridgehead atoms. The minimum Gasteiger partial charge on any atom is -0.480 e. The number of unbranched alkanes of at least 4 members (excludes halogenated alkanes) is 1. The number of imidazole rings is 1. The molecular formula is C27H41N7O5. The first-order valence-corrected chi connectivity index (χ1v) is 13.3. The van der Waals surface area contributed by atoms with Crippen molar-refractivity contribution in [2.75, 3.05) is 6.54 Å². The van der Waals surface area contributed by atoms with E-state index < -0.39 is 47.9 Å². The highest BCUT2D eigenvalue weighted by Gasteiger charge is 2.33. The van der Waals surface area contributed by atoms with E-state index in [2.05, 4.69) is 25.9 Å². The molecule has 0 spiro atoms. The van der Waals surface area contributed by atoms with Crippen molar-refractivity contribution in [3.63, 3.8) is 0 Å². The molecule has 0 aliphatic carbocycles. The van der Waals surface area contributed by atoms with E-state index in [9.17, 15) is 24.3 Å². The second-order valence-corrected chi connectivity index (χ2v) is 9.69. The number of nitrogens with two attached hydrogens (primary N) is 2. The molecule has 0 radical (unpaired) electrons. The van der Waals surface area contributed by atoms with Crippen LogP contribution in [0.4, 0.5) is 0 Å². The van der Waals surface area contributed by atoms with Gasteiger partial charge in [0.05, 0.1) is 12.4 Å². The van der Waals surface area contributed by atoms with E-state index in [0.29, 0.717) is 31.5 Å². The molecule has 1 aromatic heterocycles. The van der Waals surface area contributed by atoms with Crippen molar-refractivity contribution < 1.29 is 24.3 Å². The summed E-state index contributed by atoms with van der Waals surface area (Å²) in [4.78, 5) is 58.1. The number of hydrogen-bond acceptors (Lipinski definition) is 7. The van der Waals surface area contributed by atoms with Crippen molar-refractivity contribution in [1.29, 1.82) is 0 Å². The quantitative estimate of drug-likeness (QED) is 0.137. The lowest BCUT2D eigenvalue weighted by Crippen LogP contribution is -2.59. The highest BCUT2D eigenvalue weighted by Crippen LogP contribution is 2.12. The molecule has 3 amide bonds. The Balaban J connectivity index is 2.19. The molecule has 39 heavy (non-hydrogen) atoms. The van der Waals surface area contributed by atoms with E-state index in [1.165, 1.54) is 12.5 Å². The number of carboxylic acid groups (broad SMARTS) is 1. The van der Waals surface area contributed by atoms with Crippen molar-refractivity contribution >= 4 is 23.7 Å². The summed E-state index contributed by atoms with van der Waals surface area (Å²) in [6.07, 6.45) is 5.46. The number of aromatic amines is 1. The molecule has 9 N–H and O–H groups in total. The lowest BCUT2D eigenvalue weighted by Gasteiger charge is -2.28. The van der Waals surface area contributed by atoms with E-state index in [0.717, 1.165) is 12.0 Å². The van der Waals surface area contributed by atoms with Crippen molar-refractivity contribution in [1.82, 2.24) is 25.9 Å². The van der Waals surface area contributed by atoms with E-state index in [1.807, 2.05) is 37.3 Å². The summed E-state index contributed by atoms with van der Waals surface area (Å²) >= 11 is 0. The molecule has 1 heterocycles. The Hall–Kier alpha value is -3.77. The van der Waals surface area contributed by atoms with Crippen LogP contribution in [-0.4, -0.2) is 69.5 Å². The average Bonchev–Trinajstić information content (AvgIpc) is 3.44. The molecule has 1 aromatic carbocycles. The first-order valence-electron chi connectivity index (χ1n) is 13.3. The molecule has 2 rings (SSSR count). The van der Waals surface area contributed by atoms with Gasteiger partial charge >= 0.3 is 5.97 Å². The Morgan fingerprint density at radius 1 is 0.974 bits per heavy atom. The van der Waals surface area contributed by atoms with E-state index in [4.69, 9.17) is 11.5 Å². The molecule has 5 atom stereocenters. The van der Waals surface area contributed by atoms with E-state index in [-0.39, 0.29) is 18.8 Å². The van der Waals surface area contributed by atoms with Crippen molar-refractivity contribution in [3.05, 3.63) is 54.1 Å². The zero-order valence-electron chi connectivity index (χ0n) is 22.6. The fraction of sp³-hybridized carbons (Fsp3) is 0.519. The van der Waals surface area contributed by atoms with Gasteiger partial charge in [0, 0.05) is 24.7 Å². The number of nitrogens with one attached hydrogen (secondary N) is 4. The minimum absolute atomic E-state index is 0.00300. The highest BCUT2D eigenvalue weighted by atomic mass is 16.4. The summed E-state index contributed by atoms with van der Waals surface area (Å²) in [5.74, 6) is -3.21. The predicted molar refractivity (Wildman–Crippen MR) is 146 cm³/mol. The summed E-state index contributed by atoms with van der Waals surface area (Å²) in [7, 11) is 0. The topological polar surface area (TPSA) is 205 Å². The minimum atomic E-state index is -1.23. The smallest absolute Gasteiger partial charge is 0.326 e. The maximum Gasteiger partial charge on any atom is 0.326 e. The number of benzene rings is 1. The van der Waals surface area contributed by atoms with Crippen LogP contribution in [0.2, 0.25) is 0 Å². The van der Waals surface area contributed by atoms with Gasteiger partial charge in [-0.3, -0.25) is 14.4 Å². The van der Waals surface area contributed by atoms with Crippen LogP contribution in [0.5, 0.6) is 0 Å². The standard InChI is InChI=1S/C27H41N7O5/c1-3-17(2)23(26(37)33-22(27(38)39)14-19-15-30-16-31-19)34-25(36)21(13-18-9-5-4-6-10-18)32-24(35)20(29)11-7-8-12-28/h4-6,9-10,15-17,20-23H,3,7-8,11-14,28-29H2,1-2H3,(H,30,31)(H,32,35)(H,33,37)(H,34,36)(H,38,39). The molecule has 0 aliphatic rings. The monoisotopic (exact) mass is 543 g/mol. The molecule has 5 unspecified atom stereocenters. The van der Waals surface area contributed by atoms with E-state index in [1.54, 1.807) is 6.92 Å². The molecule has 2 aromatic rings. The fourth-order valence-corrected chi connectivity index (χ4v) is 4.01. The second-order valence-electron chi connectivity index (χ2n) is 9.69. The third-order valence-electron chi connectivity index (χ3n) is 6.61. The van der Waals surface area contributed by atoms with Gasteiger partial charge < -0.3 is 37.5 Å². The number of aromatic nitrogens is 2. The third-order valence-corrected chi connectivity index (χ3v) is 6.61. The zero-order chi connectivity index (χ0) is 28.8. The zero-order valence-corrected chi connectivity index (χ0v) is 22.6. The highest BCUT2D eigenvalue weighted by molar-refractivity contribution is 5.94. The largest absolute Gasteiger partial charge is 0.480 e. The Labute approximate surface area is 228 Å². The molecule has 0 saturated carbocycles. The van der Waals surface area contributed by atoms with Crippen LogP contribution in [0.25, 0.3) is 0 Å². The second kappa shape index (κ2) is 16.2. The van der Waals surface area contributed by atoms with Gasteiger partial charge in [0.1, 0.15) is 18.1 Å². The van der Waals surface area contributed by atoms with Gasteiger partial charge in [-0.25, -0.2) is 9.78 Å². The summed E-state index contributed by atoms with van der Waals surface area (Å²) in [6.45, 7) is 4.14. The lowest BCUT2D eigenvalue weighted by atomic mass is 9.96. The Kier molecular flexibility index (Phi) is 13.1. The fourth-order valence-electron chi connectivity index (χ4n) is 4.01. The number of carboxylic acids is 1. The molecule has 214 valence electrons. The van der Waals surface area contributed by atoms with Crippen molar-refractivity contribution in [3.8, 4) is 0 Å². The number of carbonyl (C=O) groups excluding carboxylic acids is 3. The van der Waals surface area contributed by atoms with Crippen LogP contribution >= 0.6 is 0 Å². The maximum atomic E-state index is 13.5. The first kappa shape index (κ1) is 31.4. The van der Waals surface area contributed by atoms with Crippen LogP contribution < -0.4 is 27.4 Å².